The molecule has 4 atom stereocenters. The quantitative estimate of drug-likeness (QED) is 0.0777. The molecule has 0 fully saturated rings. The summed E-state index contributed by atoms with van der Waals surface area (Å²) in [6.45, 7) is 7.64. The maximum Gasteiger partial charge on any atom is 0.416 e. The van der Waals surface area contributed by atoms with Gasteiger partial charge in [-0.25, -0.2) is 19.3 Å². The van der Waals surface area contributed by atoms with E-state index in [9.17, 15) is 71.5 Å². The van der Waals surface area contributed by atoms with Crippen LogP contribution >= 0.6 is 0 Å². The Balaban J connectivity index is 0.000000156. The first-order chi connectivity index (χ1) is 53.2. The Morgan fingerprint density at radius 1 is 0.357 bits per heavy atom. The van der Waals surface area contributed by atoms with Crippen molar-refractivity contribution in [3.8, 4) is 0 Å². The van der Waals surface area contributed by atoms with Gasteiger partial charge in [0, 0.05) is 83.1 Å². The van der Waals surface area contributed by atoms with E-state index in [0.717, 1.165) is 68.8 Å². The number of nitrogens with zero attached hydrogens (tertiary/aromatic N) is 9. The van der Waals surface area contributed by atoms with Gasteiger partial charge in [-0.1, -0.05) is 176 Å². The Hall–Kier alpha value is -11.2. The summed E-state index contributed by atoms with van der Waals surface area (Å²) in [7, 11) is 0. The third-order valence-electron chi connectivity index (χ3n) is 20.9. The summed E-state index contributed by atoms with van der Waals surface area (Å²) in [6.07, 6.45) is -18.1. The number of halogens is 13. The summed E-state index contributed by atoms with van der Waals surface area (Å²) >= 11 is 0. The van der Waals surface area contributed by atoms with Crippen molar-refractivity contribution < 1.29 is 57.1 Å². The summed E-state index contributed by atoms with van der Waals surface area (Å²) < 4.78 is 175. The van der Waals surface area contributed by atoms with Gasteiger partial charge in [-0.05, 0) is 114 Å². The smallest absolute Gasteiger partial charge is 0.369 e. The number of rotatable bonds is 16. The van der Waals surface area contributed by atoms with E-state index in [1.54, 1.807) is 41.8 Å². The molecule has 6 N–H and O–H groups in total. The maximum absolute atomic E-state index is 14.1. The van der Waals surface area contributed by atoms with Gasteiger partial charge in [0.2, 0.25) is 17.8 Å². The van der Waals surface area contributed by atoms with Crippen LogP contribution in [0.4, 0.5) is 74.9 Å². The van der Waals surface area contributed by atoms with E-state index < -0.39 is 83.4 Å². The lowest BCUT2D eigenvalue weighted by molar-refractivity contribution is -0.138. The number of alkyl halides is 12. The van der Waals surface area contributed by atoms with Gasteiger partial charge >= 0.3 is 24.7 Å². The van der Waals surface area contributed by atoms with Crippen LogP contribution in [0.2, 0.25) is 0 Å². The van der Waals surface area contributed by atoms with Crippen molar-refractivity contribution in [3.05, 3.63) is 350 Å². The Labute approximate surface area is 636 Å². The fraction of sp³-hybridized carbons (Fsp3) is 0.286. The molecule has 6 heterocycles. The standard InChI is InChI=1S/C29H26F4N4O.C29H27F3N4O.C26H26F6N4O/c1-18(21-14-22(29(31,32)33)16-23(30)15-21)36-13-12-25-24(17-36)27(38)37(28(34)35-25)26(19-8-4-2-5-9-19)20-10-6-3-7-11-20;1-19(20-12-14-23(15-13-20)29(30,31)32)35-17-16-25-24(18-35)27(37)36(28(33)34-25)26(21-8-4-2-5-9-21)22-10-6-3-7-11-22;1-16(17-7-9-19(10-8-17)26(30,31)32)35-14-12-21-20(15-35)23(37)36(24(33)34-21)22(11-13-25(27,28)29)18-5-3-2-4-6-18/h2-11,14-16,18,26H,12-13,17H2,1H3,(H2,34,35);2-15,19,26H,16-18H2,1H3,(H2,33,34);2-10,16,22H,11-15H2,1H3,(H2,33,34)/t;;16-,22?/m..0/s1. The van der Waals surface area contributed by atoms with Gasteiger partial charge in [-0.3, -0.25) is 42.8 Å². The summed E-state index contributed by atoms with van der Waals surface area (Å²) in [4.78, 5) is 61.1. The minimum absolute atomic E-state index is 0.0907. The molecule has 28 heteroatoms. The van der Waals surface area contributed by atoms with Crippen molar-refractivity contribution in [1.82, 2.24) is 43.4 Å². The van der Waals surface area contributed by atoms with Gasteiger partial charge in [0.1, 0.15) is 5.82 Å². The minimum Gasteiger partial charge on any atom is -0.369 e. The lowest BCUT2D eigenvalue weighted by Gasteiger charge is -2.34. The van der Waals surface area contributed by atoms with Gasteiger partial charge in [0.05, 0.1) is 68.6 Å². The molecule has 3 aliphatic rings. The molecule has 584 valence electrons. The second-order valence-electron chi connectivity index (χ2n) is 27.9. The first-order valence-electron chi connectivity index (χ1n) is 36.2. The number of hydrogen-bond donors (Lipinski definition) is 3. The average molecular weight is 1550 g/mol. The number of aromatic nitrogens is 6. The van der Waals surface area contributed by atoms with Crippen LogP contribution < -0.4 is 33.9 Å². The summed E-state index contributed by atoms with van der Waals surface area (Å²) in [5.41, 5.74) is 24.1. The molecule has 0 radical (unpaired) electrons. The first kappa shape index (κ1) is 80.3. The van der Waals surface area contributed by atoms with Crippen LogP contribution in [0.3, 0.4) is 0 Å². The summed E-state index contributed by atoms with van der Waals surface area (Å²) in [6, 6.07) is 56.3. The number of nitrogen functional groups attached to an aromatic ring is 3. The topological polar surface area (TPSA) is 192 Å². The van der Waals surface area contributed by atoms with Crippen LogP contribution in [0.5, 0.6) is 0 Å². The molecule has 3 aromatic heterocycles. The predicted molar refractivity (Wildman–Crippen MR) is 401 cm³/mol. The molecule has 112 heavy (non-hydrogen) atoms. The molecule has 0 aliphatic carbocycles. The maximum atomic E-state index is 14.1. The first-order valence-corrected chi connectivity index (χ1v) is 36.2. The molecule has 11 aromatic rings. The molecule has 3 unspecified atom stereocenters. The van der Waals surface area contributed by atoms with Gasteiger partial charge < -0.3 is 17.2 Å². The van der Waals surface area contributed by atoms with E-state index in [0.29, 0.717) is 96.4 Å². The third-order valence-corrected chi connectivity index (χ3v) is 20.9. The van der Waals surface area contributed by atoms with Crippen molar-refractivity contribution in [2.75, 3.05) is 36.8 Å². The van der Waals surface area contributed by atoms with Crippen LogP contribution in [0.15, 0.2) is 233 Å². The van der Waals surface area contributed by atoms with Gasteiger partial charge in [-0.2, -0.15) is 52.7 Å². The predicted octanol–water partition coefficient (Wildman–Crippen LogP) is 17.2. The highest BCUT2D eigenvalue weighted by Crippen LogP contribution is 2.40. The summed E-state index contributed by atoms with van der Waals surface area (Å²) in [5, 5.41) is 0. The lowest BCUT2D eigenvalue weighted by atomic mass is 9.97. The fourth-order valence-corrected chi connectivity index (χ4v) is 14.9. The molecule has 0 saturated carbocycles. The van der Waals surface area contributed by atoms with Gasteiger partial charge in [0.15, 0.2) is 0 Å². The van der Waals surface area contributed by atoms with E-state index >= 15 is 0 Å². The van der Waals surface area contributed by atoms with Crippen LogP contribution in [0.25, 0.3) is 0 Å². The molecule has 0 bridgehead atoms. The van der Waals surface area contributed by atoms with Crippen molar-refractivity contribution in [2.45, 2.75) is 133 Å². The monoisotopic (exact) mass is 1550 g/mol. The van der Waals surface area contributed by atoms with E-state index in [2.05, 4.69) is 19.9 Å². The second kappa shape index (κ2) is 33.4. The van der Waals surface area contributed by atoms with Crippen LogP contribution in [0, 0.1) is 5.82 Å². The Bertz CT molecular complexity index is 5180. The van der Waals surface area contributed by atoms with E-state index in [-0.39, 0.29) is 66.1 Å². The van der Waals surface area contributed by atoms with Crippen molar-refractivity contribution in [1.29, 1.82) is 0 Å². The molecule has 0 amide bonds. The number of nitrogens with two attached hydrogens (primary N) is 3. The van der Waals surface area contributed by atoms with Crippen LogP contribution in [0.1, 0.15) is 165 Å². The largest absolute Gasteiger partial charge is 0.416 e. The number of fused-ring (bicyclic) bond motifs is 3. The zero-order chi connectivity index (χ0) is 80.1. The second-order valence-corrected chi connectivity index (χ2v) is 27.9. The molecule has 8 aromatic carbocycles. The molecule has 3 aliphatic heterocycles. The molecule has 14 rings (SSSR count). The molecule has 0 spiro atoms. The number of benzene rings is 8. The lowest BCUT2D eigenvalue weighted by Crippen LogP contribution is -2.41. The summed E-state index contributed by atoms with van der Waals surface area (Å²) in [5.74, 6) is -0.855. The normalized spacial score (nSPS) is 15.4. The molecular weight excluding hydrogens is 1470 g/mol. The molecule has 15 nitrogen and oxygen atoms in total. The third kappa shape index (κ3) is 18.2. The number of hydrogen-bond acceptors (Lipinski definition) is 12. The Kier molecular flexibility index (Phi) is 23.9. The Morgan fingerprint density at radius 2 is 0.652 bits per heavy atom. The van der Waals surface area contributed by atoms with Crippen molar-refractivity contribution in [2.24, 2.45) is 0 Å². The fourth-order valence-electron chi connectivity index (χ4n) is 14.9. The highest BCUT2D eigenvalue weighted by molar-refractivity contribution is 5.43. The number of anilines is 3. The zero-order valence-electron chi connectivity index (χ0n) is 60.9. The average Bonchev–Trinajstić information content (AvgIpc) is 0.766. The van der Waals surface area contributed by atoms with Crippen molar-refractivity contribution in [3.63, 3.8) is 0 Å². The Morgan fingerprint density at radius 3 is 0.964 bits per heavy atom. The minimum atomic E-state index is -4.66. The highest BCUT2D eigenvalue weighted by Gasteiger charge is 2.38. The molecule has 0 saturated heterocycles. The van der Waals surface area contributed by atoms with E-state index in [1.165, 1.54) is 28.8 Å². The van der Waals surface area contributed by atoms with Crippen LogP contribution in [-0.2, 0) is 57.4 Å². The zero-order valence-corrected chi connectivity index (χ0v) is 60.9. The van der Waals surface area contributed by atoms with Gasteiger partial charge in [0.25, 0.3) is 16.7 Å². The van der Waals surface area contributed by atoms with E-state index in [1.807, 2.05) is 145 Å². The molecular formula is C84H79F13N12O3. The van der Waals surface area contributed by atoms with Crippen LogP contribution in [-0.4, -0.2) is 69.2 Å². The van der Waals surface area contributed by atoms with Gasteiger partial charge in [-0.15, -0.1) is 0 Å². The SMILES string of the molecule is CC(c1cc(F)cc(C(F)(F)F)c1)N1CCc2nc(N)n(C(c3ccccc3)c3ccccc3)c(=O)c2C1.CC(c1ccc(C(F)(F)F)cc1)N1CCc2nc(N)n(C(c3ccccc3)c3ccccc3)c(=O)c2C1.C[C@@H](c1ccc(C(F)(F)F)cc1)N1CCc2nc(N)n(C(CCC(F)(F)F)c3ccccc3)c(=O)c2C1. The van der Waals surface area contributed by atoms with E-state index in [4.69, 9.17) is 17.2 Å². The highest BCUT2D eigenvalue weighted by atomic mass is 19.4. The van der Waals surface area contributed by atoms with Crippen molar-refractivity contribution >= 4 is 17.8 Å².